The van der Waals surface area contributed by atoms with Gasteiger partial charge in [0.15, 0.2) is 46.6 Å². The summed E-state index contributed by atoms with van der Waals surface area (Å²) in [4.78, 5) is 45.7. The first-order chi connectivity index (χ1) is 74.4. The van der Waals surface area contributed by atoms with E-state index in [0.717, 1.165) is 210 Å². The van der Waals surface area contributed by atoms with Crippen molar-refractivity contribution in [3.63, 3.8) is 0 Å². The Labute approximate surface area is 859 Å². The van der Waals surface area contributed by atoms with Crippen molar-refractivity contribution in [3.8, 4) is 153 Å². The average Bonchev–Trinajstić information content (AvgIpc) is 1.58. The van der Waals surface area contributed by atoms with Gasteiger partial charge in [-0.05, 0) is 148 Å². The van der Waals surface area contributed by atoms with Gasteiger partial charge in [-0.15, -0.1) is 0 Å². The first-order valence-corrected chi connectivity index (χ1v) is 50.1. The highest BCUT2D eigenvalue weighted by atomic mass is 16.3. The third-order valence-corrected chi connectivity index (χ3v) is 28.4. The highest BCUT2D eigenvalue weighted by Crippen LogP contribution is 2.48. The zero-order chi connectivity index (χ0) is 99.1. The van der Waals surface area contributed by atoms with E-state index in [1.807, 2.05) is 206 Å². The van der Waals surface area contributed by atoms with Crippen molar-refractivity contribution < 1.29 is 13.3 Å². The van der Waals surface area contributed by atoms with Gasteiger partial charge in [0.05, 0.1) is 44.5 Å². The van der Waals surface area contributed by atoms with Gasteiger partial charge in [0.1, 0.15) is 33.5 Å². The Kier molecular flexibility index (Phi) is 21.5. The molecule has 15 heteroatoms. The fourth-order valence-corrected chi connectivity index (χ4v) is 21.5. The molecule has 0 amide bonds. The number of aromatic nitrogens is 12. The normalized spacial score (nSPS) is 11.6. The maximum Gasteiger partial charge on any atom is 0.238 e. The third-order valence-electron chi connectivity index (χ3n) is 28.4. The zero-order valence-electron chi connectivity index (χ0n) is 80.6. The van der Waals surface area contributed by atoms with Crippen LogP contribution in [0.5, 0.6) is 0 Å². The van der Waals surface area contributed by atoms with Crippen molar-refractivity contribution >= 4 is 131 Å². The Balaban J connectivity index is 0.000000109. The maximum absolute atomic E-state index is 6.30. The monoisotopic (exact) mass is 1920 g/mol. The van der Waals surface area contributed by atoms with Crippen molar-refractivity contribution in [1.82, 2.24) is 58.6 Å². The molecule has 0 aliphatic carbocycles. The van der Waals surface area contributed by atoms with Gasteiger partial charge in [-0.3, -0.25) is 4.57 Å². The minimum absolute atomic E-state index is 0.577. The van der Waals surface area contributed by atoms with E-state index < -0.39 is 0 Å². The van der Waals surface area contributed by atoms with E-state index >= 15 is 0 Å². The van der Waals surface area contributed by atoms with Gasteiger partial charge in [0.25, 0.3) is 0 Å². The van der Waals surface area contributed by atoms with Crippen LogP contribution in [-0.2, 0) is 0 Å². The molecule has 0 bridgehead atoms. The van der Waals surface area contributed by atoms with Crippen LogP contribution in [0.1, 0.15) is 0 Å². The van der Waals surface area contributed by atoms with Crippen molar-refractivity contribution in [2.45, 2.75) is 0 Å². The number of hydrogen-bond donors (Lipinski definition) is 0. The number of furan rings is 3. The fourth-order valence-electron chi connectivity index (χ4n) is 21.5. The van der Waals surface area contributed by atoms with E-state index in [-0.39, 0.29) is 0 Å². The molecule has 9 heterocycles. The summed E-state index contributed by atoms with van der Waals surface area (Å²) in [5.41, 5.74) is 30.1. The van der Waals surface area contributed by atoms with E-state index in [1.54, 1.807) is 0 Å². The van der Waals surface area contributed by atoms with Gasteiger partial charge in [-0.2, -0.15) is 9.97 Å². The van der Waals surface area contributed by atoms with Crippen LogP contribution in [-0.4, -0.2) is 58.6 Å². The Bertz CT molecular complexity index is 10400. The predicted molar refractivity (Wildman–Crippen MR) is 610 cm³/mol. The lowest BCUT2D eigenvalue weighted by atomic mass is 9.98. The number of rotatable bonds is 15. The van der Waals surface area contributed by atoms with Gasteiger partial charge in [-0.1, -0.05) is 406 Å². The van der Waals surface area contributed by atoms with Crippen LogP contribution in [0.2, 0.25) is 0 Å². The van der Waals surface area contributed by atoms with Crippen molar-refractivity contribution in [2.24, 2.45) is 0 Å². The molecule has 21 aromatic carbocycles. The largest absolute Gasteiger partial charge is 0.456 e. The topological polar surface area (TPSA) is 170 Å². The summed E-state index contributed by atoms with van der Waals surface area (Å²) in [5.74, 6) is 5.56. The molecule has 9 aromatic heterocycles. The number of fused-ring (bicyclic) bond motifs is 18. The first-order valence-electron chi connectivity index (χ1n) is 50.1. The molecule has 150 heavy (non-hydrogen) atoms. The van der Waals surface area contributed by atoms with Crippen LogP contribution in [0, 0.1) is 0 Å². The van der Waals surface area contributed by atoms with Crippen LogP contribution in [0.15, 0.2) is 523 Å². The molecule has 0 unspecified atom stereocenters. The first kappa shape index (κ1) is 87.3. The molecular weight excluding hydrogens is 1840 g/mol. The molecule has 0 saturated carbocycles. The van der Waals surface area contributed by atoms with Gasteiger partial charge in [0, 0.05) is 109 Å². The highest BCUT2D eigenvalue weighted by Gasteiger charge is 2.28. The Hall–Kier alpha value is -20.6. The lowest BCUT2D eigenvalue weighted by Gasteiger charge is -2.15. The standard InChI is InChI=1S/C51H32N4O.C45H28N4O.C39H24N4O/c1-3-15-33(16-4-1)35-19-13-20-37(31-35)50-52-49(34-17-5-2-6-18-34)53-51(54-50)41-22-8-11-26-44(41)55-43-25-10-7-21-39(43)40-30-29-36(32-45(40)55)38-24-14-28-47-48(38)42-23-9-12-27-46(42)56-47;1-3-14-29(15-4-1)43-46-44(30-16-5-2-6-17-30)48-45(47-43)35-19-8-11-23-38(35)49-37-22-10-7-18-33(37)34-27-26-31(28-39(34)49)32-21-13-25-41-42(32)36-20-9-12-24-40(36)50-41;1-3-12-25(13-4-1)37-40-38(26-14-5-2-6-15-26)42-39(41-37)43-32-19-9-7-16-29(32)30-23-22-27(24-33(30)43)28-18-11-21-35-36(28)31-17-8-10-20-34(31)44-35/h1-32H;1-28H;1-24H. The Morgan fingerprint density at radius 1 is 0.133 bits per heavy atom. The van der Waals surface area contributed by atoms with E-state index in [0.29, 0.717) is 52.5 Å². The fraction of sp³-hybridized carbons (Fsp3) is 0. The average molecular weight is 1920 g/mol. The van der Waals surface area contributed by atoms with Crippen LogP contribution in [0.3, 0.4) is 0 Å². The number of hydrogen-bond acceptors (Lipinski definition) is 12. The summed E-state index contributed by atoms with van der Waals surface area (Å²) in [6.07, 6.45) is 0. The van der Waals surface area contributed by atoms with E-state index in [1.165, 1.54) is 21.5 Å². The molecule has 30 aromatic rings. The quantitative estimate of drug-likeness (QED) is 0.0953. The SMILES string of the molecule is c1ccc(-c2cccc(-c3nc(-c4ccccc4)nc(-c4ccccc4-n4c5ccccc5c5ccc(-c6cccc7oc8ccccc8c67)cc54)n3)c2)cc1.c1ccc(-c2nc(-c3ccccc3)nc(-c3ccccc3-n3c4ccccc4c4ccc(-c5cccc6oc7ccccc7c56)cc43)n2)cc1.c1ccc(-c2nc(-c3ccccc3)nc(-n3c4ccccc4c4ccc(-c5cccc6oc7ccccc7c56)cc43)n2)cc1. The molecule has 702 valence electrons. The molecule has 0 spiro atoms. The predicted octanol–water partition coefficient (Wildman–Crippen LogP) is 34.6. The summed E-state index contributed by atoms with van der Waals surface area (Å²) >= 11 is 0. The second-order valence-corrected chi connectivity index (χ2v) is 37.3. The molecule has 0 saturated heterocycles. The van der Waals surface area contributed by atoms with Gasteiger partial charge < -0.3 is 22.4 Å². The van der Waals surface area contributed by atoms with Gasteiger partial charge in [0.2, 0.25) is 5.95 Å². The number of benzene rings is 21. The summed E-state index contributed by atoms with van der Waals surface area (Å²) in [5, 5.41) is 13.7. The summed E-state index contributed by atoms with van der Waals surface area (Å²) in [6, 6.07) is 176. The van der Waals surface area contributed by atoms with Gasteiger partial charge >= 0.3 is 0 Å². The molecule has 30 rings (SSSR count). The molecule has 0 atom stereocenters. The van der Waals surface area contributed by atoms with Crippen molar-refractivity contribution in [3.05, 3.63) is 510 Å². The maximum atomic E-state index is 6.30. The van der Waals surface area contributed by atoms with E-state index in [2.05, 4.69) is 317 Å². The Morgan fingerprint density at radius 3 is 0.733 bits per heavy atom. The van der Waals surface area contributed by atoms with E-state index in [9.17, 15) is 0 Å². The smallest absolute Gasteiger partial charge is 0.238 e. The number of nitrogens with zero attached hydrogens (tertiary/aromatic N) is 12. The zero-order valence-corrected chi connectivity index (χ0v) is 80.6. The Morgan fingerprint density at radius 2 is 0.373 bits per heavy atom. The molecular formula is C135H84N12O3. The second-order valence-electron chi connectivity index (χ2n) is 37.3. The highest BCUT2D eigenvalue weighted by molar-refractivity contribution is 6.19. The van der Waals surface area contributed by atoms with Crippen molar-refractivity contribution in [1.29, 1.82) is 0 Å². The van der Waals surface area contributed by atoms with Crippen molar-refractivity contribution in [2.75, 3.05) is 0 Å². The molecule has 0 fully saturated rings. The molecule has 0 N–H and O–H groups in total. The minimum atomic E-state index is 0.577. The molecule has 0 aliphatic rings. The van der Waals surface area contributed by atoms with Gasteiger partial charge in [-0.25, -0.2) is 34.9 Å². The number of para-hydroxylation sites is 8. The van der Waals surface area contributed by atoms with E-state index in [4.69, 9.17) is 58.1 Å². The van der Waals surface area contributed by atoms with Crippen LogP contribution >= 0.6 is 0 Å². The second kappa shape index (κ2) is 37.0. The summed E-state index contributed by atoms with van der Waals surface area (Å²) in [7, 11) is 0. The van der Waals surface area contributed by atoms with Crippen LogP contribution in [0.4, 0.5) is 0 Å². The molecule has 15 nitrogen and oxygen atoms in total. The van der Waals surface area contributed by atoms with Crippen LogP contribution in [0.25, 0.3) is 284 Å². The minimum Gasteiger partial charge on any atom is -0.456 e. The lowest BCUT2D eigenvalue weighted by molar-refractivity contribution is 0.668. The summed E-state index contributed by atoms with van der Waals surface area (Å²) < 4.78 is 25.7. The van der Waals surface area contributed by atoms with Crippen LogP contribution < -0.4 is 0 Å². The lowest BCUT2D eigenvalue weighted by Crippen LogP contribution is -2.06. The summed E-state index contributed by atoms with van der Waals surface area (Å²) in [6.45, 7) is 0. The molecule has 0 radical (unpaired) electrons. The third kappa shape index (κ3) is 15.5. The molecule has 0 aliphatic heterocycles.